The summed E-state index contributed by atoms with van der Waals surface area (Å²) in [5, 5.41) is 0.883. The summed E-state index contributed by atoms with van der Waals surface area (Å²) in [6, 6.07) is -0.833. The van der Waals surface area contributed by atoms with Crippen molar-refractivity contribution in [1.29, 1.82) is 0 Å². The highest BCUT2D eigenvalue weighted by molar-refractivity contribution is 7.92. The Morgan fingerprint density at radius 2 is 1.94 bits per heavy atom. The SMILES string of the molecule is CN(C)C(=O)n1cc(Cl)c(S(=O)(=O)C(F)(F)F)n1. The highest BCUT2D eigenvalue weighted by Gasteiger charge is 2.50. The third kappa shape index (κ3) is 2.43. The zero-order valence-electron chi connectivity index (χ0n) is 9.06. The monoisotopic (exact) mass is 305 g/mol. The van der Waals surface area contributed by atoms with Gasteiger partial charge >= 0.3 is 11.5 Å². The number of sulfone groups is 1. The first-order valence-corrected chi connectivity index (χ1v) is 6.12. The Kier molecular flexibility index (Phi) is 3.63. The zero-order valence-corrected chi connectivity index (χ0v) is 10.6. The molecule has 1 amide bonds. The van der Waals surface area contributed by atoms with E-state index in [9.17, 15) is 26.4 Å². The molecule has 1 aromatic rings. The summed E-state index contributed by atoms with van der Waals surface area (Å²) < 4.78 is 59.4. The summed E-state index contributed by atoms with van der Waals surface area (Å²) in [6.45, 7) is 0. The van der Waals surface area contributed by atoms with Crippen LogP contribution in [0.5, 0.6) is 0 Å². The van der Waals surface area contributed by atoms with Gasteiger partial charge in [-0.3, -0.25) is 0 Å². The molecule has 102 valence electrons. The Hall–Kier alpha value is -1.29. The molecule has 0 N–H and O–H groups in total. The van der Waals surface area contributed by atoms with Crippen LogP contribution >= 0.6 is 11.6 Å². The number of alkyl halides is 3. The van der Waals surface area contributed by atoms with Crippen LogP contribution in [0.3, 0.4) is 0 Å². The van der Waals surface area contributed by atoms with E-state index in [0.717, 1.165) is 4.90 Å². The number of carbonyl (C=O) groups is 1. The van der Waals surface area contributed by atoms with Crippen LogP contribution in [0, 0.1) is 0 Å². The average Bonchev–Trinajstić information content (AvgIpc) is 2.57. The van der Waals surface area contributed by atoms with Gasteiger partial charge in [-0.25, -0.2) is 13.2 Å². The predicted octanol–water partition coefficient (Wildman–Crippen LogP) is 1.36. The van der Waals surface area contributed by atoms with Gasteiger partial charge in [-0.2, -0.15) is 23.0 Å². The highest BCUT2D eigenvalue weighted by atomic mass is 35.5. The van der Waals surface area contributed by atoms with E-state index in [1.165, 1.54) is 14.1 Å². The predicted molar refractivity (Wildman–Crippen MR) is 55.0 cm³/mol. The van der Waals surface area contributed by atoms with Gasteiger partial charge in [0, 0.05) is 14.1 Å². The van der Waals surface area contributed by atoms with Gasteiger partial charge in [0.25, 0.3) is 9.84 Å². The highest BCUT2D eigenvalue weighted by Crippen LogP contribution is 2.33. The molecule has 0 spiro atoms. The van der Waals surface area contributed by atoms with Gasteiger partial charge in [-0.1, -0.05) is 11.6 Å². The minimum Gasteiger partial charge on any atom is -0.329 e. The van der Waals surface area contributed by atoms with Crippen molar-refractivity contribution in [2.45, 2.75) is 10.5 Å². The summed E-state index contributed by atoms with van der Waals surface area (Å²) in [7, 11) is -3.05. The summed E-state index contributed by atoms with van der Waals surface area (Å²) in [6.07, 6.45) is 0.697. The van der Waals surface area contributed by atoms with Crippen LogP contribution in [0.4, 0.5) is 18.0 Å². The maximum atomic E-state index is 12.3. The van der Waals surface area contributed by atoms with Crippen LogP contribution < -0.4 is 0 Å². The number of halogens is 4. The molecular weight excluding hydrogens is 299 g/mol. The largest absolute Gasteiger partial charge is 0.503 e. The number of nitrogens with zero attached hydrogens (tertiary/aromatic N) is 3. The summed E-state index contributed by atoms with van der Waals surface area (Å²) in [5.41, 5.74) is -5.53. The molecule has 18 heavy (non-hydrogen) atoms. The molecule has 0 aliphatic rings. The van der Waals surface area contributed by atoms with E-state index >= 15 is 0 Å². The van der Waals surface area contributed by atoms with Gasteiger partial charge < -0.3 is 4.90 Å². The molecule has 0 fully saturated rings. The van der Waals surface area contributed by atoms with Crippen molar-refractivity contribution in [2.75, 3.05) is 14.1 Å². The first kappa shape index (κ1) is 14.8. The second kappa shape index (κ2) is 4.43. The molecule has 0 unspecified atom stereocenters. The standard InChI is InChI=1S/C7H7ClF3N3O3S/c1-13(2)6(15)14-3-4(8)5(12-14)18(16,17)7(9,10)11/h3H,1-2H3. The number of rotatable bonds is 1. The molecule has 1 aromatic heterocycles. The summed E-state index contributed by atoms with van der Waals surface area (Å²) in [5.74, 6) is 0. The first-order valence-electron chi connectivity index (χ1n) is 4.26. The number of hydrogen-bond acceptors (Lipinski definition) is 4. The fourth-order valence-electron chi connectivity index (χ4n) is 0.932. The van der Waals surface area contributed by atoms with Crippen LogP contribution in [0.25, 0.3) is 0 Å². The lowest BCUT2D eigenvalue weighted by molar-refractivity contribution is -0.0438. The Morgan fingerprint density at radius 1 is 1.44 bits per heavy atom. The van der Waals surface area contributed by atoms with Gasteiger partial charge in [0.15, 0.2) is 0 Å². The number of carbonyl (C=O) groups excluding carboxylic acids is 1. The fraction of sp³-hybridized carbons (Fsp3) is 0.429. The first-order chi connectivity index (χ1) is 7.98. The van der Waals surface area contributed by atoms with Crippen molar-refractivity contribution in [1.82, 2.24) is 14.7 Å². The van der Waals surface area contributed by atoms with Crippen LogP contribution in [0.2, 0.25) is 5.02 Å². The van der Waals surface area contributed by atoms with Crippen molar-refractivity contribution in [3.63, 3.8) is 0 Å². The minimum atomic E-state index is -5.68. The van der Waals surface area contributed by atoms with Gasteiger partial charge in [-0.15, -0.1) is 0 Å². The molecule has 0 atom stereocenters. The maximum absolute atomic E-state index is 12.3. The molecule has 1 heterocycles. The average molecular weight is 306 g/mol. The number of amides is 1. The molecule has 0 radical (unpaired) electrons. The molecule has 1 rings (SSSR count). The Morgan fingerprint density at radius 3 is 2.33 bits per heavy atom. The van der Waals surface area contributed by atoms with Crippen LogP contribution in [-0.2, 0) is 9.84 Å². The van der Waals surface area contributed by atoms with E-state index in [1.807, 2.05) is 0 Å². The Balaban J connectivity index is 3.35. The quantitative estimate of drug-likeness (QED) is 0.785. The second-order valence-electron chi connectivity index (χ2n) is 3.35. The smallest absolute Gasteiger partial charge is 0.329 e. The van der Waals surface area contributed by atoms with Crippen LogP contribution in [0.1, 0.15) is 0 Å². The van der Waals surface area contributed by atoms with E-state index in [-0.39, 0.29) is 0 Å². The second-order valence-corrected chi connectivity index (χ2v) is 5.62. The van der Waals surface area contributed by atoms with Crippen molar-refractivity contribution < 1.29 is 26.4 Å². The maximum Gasteiger partial charge on any atom is 0.503 e. The van der Waals surface area contributed by atoms with E-state index in [1.54, 1.807) is 0 Å². The lowest BCUT2D eigenvalue weighted by Crippen LogP contribution is -2.28. The summed E-state index contributed by atoms with van der Waals surface area (Å²) >= 11 is 5.35. The molecule has 0 saturated carbocycles. The van der Waals surface area contributed by atoms with Gasteiger partial charge in [-0.05, 0) is 0 Å². The number of hydrogen-bond donors (Lipinski definition) is 0. The topological polar surface area (TPSA) is 72.3 Å². The normalized spacial score (nSPS) is 12.6. The number of aromatic nitrogens is 2. The van der Waals surface area contributed by atoms with E-state index in [0.29, 0.717) is 10.9 Å². The zero-order chi connectivity index (χ0) is 14.3. The van der Waals surface area contributed by atoms with E-state index < -0.39 is 31.4 Å². The third-order valence-electron chi connectivity index (χ3n) is 1.78. The summed E-state index contributed by atoms with van der Waals surface area (Å²) in [4.78, 5) is 12.4. The van der Waals surface area contributed by atoms with Crippen molar-refractivity contribution in [3.8, 4) is 0 Å². The molecule has 0 aliphatic carbocycles. The van der Waals surface area contributed by atoms with Crippen molar-refractivity contribution >= 4 is 27.5 Å². The Labute approximate surface area is 105 Å². The van der Waals surface area contributed by atoms with Crippen LogP contribution in [-0.4, -0.2) is 48.7 Å². The minimum absolute atomic E-state index is 0.418. The molecule has 0 aromatic carbocycles. The lowest BCUT2D eigenvalue weighted by Gasteiger charge is -2.08. The molecule has 6 nitrogen and oxygen atoms in total. The van der Waals surface area contributed by atoms with Crippen molar-refractivity contribution in [2.24, 2.45) is 0 Å². The molecule has 11 heteroatoms. The van der Waals surface area contributed by atoms with E-state index in [2.05, 4.69) is 5.10 Å². The molecule has 0 saturated heterocycles. The Bertz CT molecular complexity index is 578. The van der Waals surface area contributed by atoms with Crippen molar-refractivity contribution in [3.05, 3.63) is 11.2 Å². The fourth-order valence-corrected chi connectivity index (χ4v) is 2.09. The lowest BCUT2D eigenvalue weighted by atomic mass is 10.7. The van der Waals surface area contributed by atoms with E-state index in [4.69, 9.17) is 11.6 Å². The molecule has 0 bridgehead atoms. The molecule has 0 aliphatic heterocycles. The van der Waals surface area contributed by atoms with Gasteiger partial charge in [0.2, 0.25) is 5.03 Å². The van der Waals surface area contributed by atoms with Gasteiger partial charge in [0.05, 0.1) is 11.2 Å². The molecular formula is C7H7ClF3N3O3S. The third-order valence-corrected chi connectivity index (χ3v) is 3.59. The van der Waals surface area contributed by atoms with Crippen LogP contribution in [0.15, 0.2) is 11.2 Å². The van der Waals surface area contributed by atoms with Gasteiger partial charge in [0.1, 0.15) is 0 Å².